The first kappa shape index (κ1) is 16.1. The zero-order valence-electron chi connectivity index (χ0n) is 13.5. The van der Waals surface area contributed by atoms with E-state index in [9.17, 15) is 4.79 Å². The molecule has 120 valence electrons. The fourth-order valence-corrected chi connectivity index (χ4v) is 4.00. The number of rotatable bonds is 5. The molecule has 0 saturated heterocycles. The van der Waals surface area contributed by atoms with Crippen molar-refractivity contribution < 1.29 is 4.79 Å². The van der Waals surface area contributed by atoms with E-state index in [0.717, 1.165) is 19.3 Å². The monoisotopic (exact) mass is 325 g/mol. The highest BCUT2D eigenvalue weighted by atomic mass is 32.2. The molecule has 0 bridgehead atoms. The molecule has 1 amide bonds. The van der Waals surface area contributed by atoms with Crippen LogP contribution in [0.5, 0.6) is 0 Å². The minimum Gasteiger partial charge on any atom is -0.349 e. The van der Waals surface area contributed by atoms with E-state index in [1.807, 2.05) is 18.2 Å². The second kappa shape index (κ2) is 7.69. The number of aryl methyl sites for hydroxylation is 1. The van der Waals surface area contributed by atoms with Crippen LogP contribution in [-0.2, 0) is 11.2 Å². The zero-order valence-corrected chi connectivity index (χ0v) is 14.3. The lowest BCUT2D eigenvalue weighted by Gasteiger charge is -2.26. The van der Waals surface area contributed by atoms with Gasteiger partial charge in [-0.15, -0.1) is 11.8 Å². The van der Waals surface area contributed by atoms with Crippen molar-refractivity contribution in [2.75, 3.05) is 5.75 Å². The zero-order chi connectivity index (χ0) is 16.1. The molecule has 0 radical (unpaired) electrons. The molecule has 0 spiro atoms. The summed E-state index contributed by atoms with van der Waals surface area (Å²) in [4.78, 5) is 12.3. The SMILES string of the molecule is C[C@H](SCC(=O)N[C@H]1CCCc2ccccc21)c1ccccc1. The van der Waals surface area contributed by atoms with Crippen molar-refractivity contribution in [3.8, 4) is 0 Å². The van der Waals surface area contributed by atoms with Crippen LogP contribution in [0.3, 0.4) is 0 Å². The third kappa shape index (κ3) is 4.17. The van der Waals surface area contributed by atoms with Crippen molar-refractivity contribution in [1.82, 2.24) is 5.32 Å². The largest absolute Gasteiger partial charge is 0.349 e. The number of benzene rings is 2. The molecule has 2 atom stereocenters. The standard InChI is InChI=1S/C20H23NOS/c1-15(16-8-3-2-4-9-16)23-14-20(22)21-19-13-7-11-17-10-5-6-12-18(17)19/h2-6,8-10,12,15,19H,7,11,13-14H2,1H3,(H,21,22)/t15-,19-/m0/s1. The number of hydrogen-bond donors (Lipinski definition) is 1. The lowest BCUT2D eigenvalue weighted by molar-refractivity contribution is -0.119. The van der Waals surface area contributed by atoms with Gasteiger partial charge in [0.15, 0.2) is 0 Å². The van der Waals surface area contributed by atoms with E-state index in [4.69, 9.17) is 0 Å². The molecule has 1 aliphatic carbocycles. The first-order valence-corrected chi connectivity index (χ1v) is 9.32. The molecular formula is C20H23NOS. The maximum atomic E-state index is 12.3. The summed E-state index contributed by atoms with van der Waals surface area (Å²) in [7, 11) is 0. The maximum Gasteiger partial charge on any atom is 0.230 e. The van der Waals surface area contributed by atoms with Crippen molar-refractivity contribution in [2.24, 2.45) is 0 Å². The van der Waals surface area contributed by atoms with Crippen LogP contribution in [0, 0.1) is 0 Å². The molecule has 23 heavy (non-hydrogen) atoms. The lowest BCUT2D eigenvalue weighted by atomic mass is 9.88. The number of carbonyl (C=O) groups is 1. The molecule has 3 rings (SSSR count). The highest BCUT2D eigenvalue weighted by Crippen LogP contribution is 2.30. The second-order valence-electron chi connectivity index (χ2n) is 6.08. The molecule has 1 aliphatic rings. The van der Waals surface area contributed by atoms with Gasteiger partial charge in [0, 0.05) is 5.25 Å². The quantitative estimate of drug-likeness (QED) is 0.865. The maximum absolute atomic E-state index is 12.3. The molecule has 0 aliphatic heterocycles. The summed E-state index contributed by atoms with van der Waals surface area (Å²) >= 11 is 1.70. The molecule has 0 unspecified atom stereocenters. The van der Waals surface area contributed by atoms with Crippen LogP contribution in [0.2, 0.25) is 0 Å². The molecule has 0 aromatic heterocycles. The Kier molecular flexibility index (Phi) is 5.39. The van der Waals surface area contributed by atoms with Gasteiger partial charge in [-0.05, 0) is 42.9 Å². The normalized spacial score (nSPS) is 18.0. The minimum atomic E-state index is 0.138. The summed E-state index contributed by atoms with van der Waals surface area (Å²) in [6, 6.07) is 19.0. The van der Waals surface area contributed by atoms with Gasteiger partial charge in [0.05, 0.1) is 11.8 Å². The summed E-state index contributed by atoms with van der Waals surface area (Å²) in [5.74, 6) is 0.647. The summed E-state index contributed by atoms with van der Waals surface area (Å²) in [6.45, 7) is 2.16. The number of thioether (sulfide) groups is 1. The Balaban J connectivity index is 1.54. The van der Waals surface area contributed by atoms with Crippen molar-refractivity contribution >= 4 is 17.7 Å². The van der Waals surface area contributed by atoms with Crippen LogP contribution in [0.15, 0.2) is 54.6 Å². The van der Waals surface area contributed by atoms with Gasteiger partial charge >= 0.3 is 0 Å². The van der Waals surface area contributed by atoms with Crippen LogP contribution in [0.4, 0.5) is 0 Å². The van der Waals surface area contributed by atoms with E-state index in [1.165, 1.54) is 16.7 Å². The van der Waals surface area contributed by atoms with E-state index < -0.39 is 0 Å². The molecule has 3 heteroatoms. The third-order valence-electron chi connectivity index (χ3n) is 4.44. The molecule has 2 aromatic carbocycles. The molecular weight excluding hydrogens is 302 g/mol. The van der Waals surface area contributed by atoms with E-state index in [0.29, 0.717) is 11.0 Å². The Bertz CT molecular complexity index is 656. The second-order valence-corrected chi connectivity index (χ2v) is 7.40. The summed E-state index contributed by atoms with van der Waals surface area (Å²) in [5, 5.41) is 3.56. The van der Waals surface area contributed by atoms with Gasteiger partial charge in [0.25, 0.3) is 0 Å². The van der Waals surface area contributed by atoms with Crippen molar-refractivity contribution in [3.05, 3.63) is 71.3 Å². The Morgan fingerprint density at radius 1 is 1.17 bits per heavy atom. The number of amides is 1. The Morgan fingerprint density at radius 3 is 2.74 bits per heavy atom. The van der Waals surface area contributed by atoms with E-state index >= 15 is 0 Å². The van der Waals surface area contributed by atoms with Gasteiger partial charge in [-0.3, -0.25) is 4.79 Å². The van der Waals surface area contributed by atoms with E-state index in [1.54, 1.807) is 11.8 Å². The molecule has 2 nitrogen and oxygen atoms in total. The molecule has 2 aromatic rings. The van der Waals surface area contributed by atoms with Crippen LogP contribution in [0.1, 0.15) is 47.7 Å². The van der Waals surface area contributed by atoms with Gasteiger partial charge in [-0.1, -0.05) is 54.6 Å². The average Bonchev–Trinajstić information content (AvgIpc) is 2.61. The van der Waals surface area contributed by atoms with Crippen LogP contribution in [-0.4, -0.2) is 11.7 Å². The van der Waals surface area contributed by atoms with Gasteiger partial charge in [-0.2, -0.15) is 0 Å². The Hall–Kier alpha value is -1.74. The highest BCUT2D eigenvalue weighted by molar-refractivity contribution is 8.00. The van der Waals surface area contributed by atoms with Crippen LogP contribution >= 0.6 is 11.8 Å². The van der Waals surface area contributed by atoms with Gasteiger partial charge in [0.2, 0.25) is 5.91 Å². The number of fused-ring (bicyclic) bond motifs is 1. The Labute approximate surface area is 142 Å². The number of carbonyl (C=O) groups excluding carboxylic acids is 1. The van der Waals surface area contributed by atoms with Gasteiger partial charge < -0.3 is 5.32 Å². The Morgan fingerprint density at radius 2 is 1.91 bits per heavy atom. The number of nitrogens with one attached hydrogen (secondary N) is 1. The van der Waals surface area contributed by atoms with Gasteiger partial charge in [-0.25, -0.2) is 0 Å². The third-order valence-corrected chi connectivity index (χ3v) is 5.64. The number of hydrogen-bond acceptors (Lipinski definition) is 2. The van der Waals surface area contributed by atoms with E-state index in [-0.39, 0.29) is 11.9 Å². The van der Waals surface area contributed by atoms with Crippen LogP contribution in [0.25, 0.3) is 0 Å². The predicted octanol–water partition coefficient (Wildman–Crippen LogP) is 4.67. The summed E-state index contributed by atoms with van der Waals surface area (Å²) in [5.41, 5.74) is 3.95. The van der Waals surface area contributed by atoms with Crippen molar-refractivity contribution in [1.29, 1.82) is 0 Å². The molecule has 0 saturated carbocycles. The van der Waals surface area contributed by atoms with Crippen molar-refractivity contribution in [3.63, 3.8) is 0 Å². The first-order valence-electron chi connectivity index (χ1n) is 8.28. The molecule has 0 fully saturated rings. The highest BCUT2D eigenvalue weighted by Gasteiger charge is 2.21. The van der Waals surface area contributed by atoms with E-state index in [2.05, 4.69) is 48.6 Å². The summed E-state index contributed by atoms with van der Waals surface area (Å²) in [6.07, 6.45) is 3.32. The first-order chi connectivity index (χ1) is 11.2. The summed E-state index contributed by atoms with van der Waals surface area (Å²) < 4.78 is 0. The average molecular weight is 325 g/mol. The van der Waals surface area contributed by atoms with Crippen molar-refractivity contribution in [2.45, 2.75) is 37.5 Å². The topological polar surface area (TPSA) is 29.1 Å². The molecule has 1 N–H and O–H groups in total. The minimum absolute atomic E-state index is 0.138. The fraction of sp³-hybridized carbons (Fsp3) is 0.350. The van der Waals surface area contributed by atoms with Gasteiger partial charge in [0.1, 0.15) is 0 Å². The predicted molar refractivity (Wildman–Crippen MR) is 97.6 cm³/mol. The molecule has 0 heterocycles. The smallest absolute Gasteiger partial charge is 0.230 e. The lowest BCUT2D eigenvalue weighted by Crippen LogP contribution is -2.32. The van der Waals surface area contributed by atoms with Crippen LogP contribution < -0.4 is 5.32 Å². The fourth-order valence-electron chi connectivity index (χ4n) is 3.16.